The van der Waals surface area contributed by atoms with Crippen molar-refractivity contribution in [2.75, 3.05) is 6.54 Å². The van der Waals surface area contributed by atoms with Crippen molar-refractivity contribution in [1.29, 1.82) is 0 Å². The van der Waals surface area contributed by atoms with Gasteiger partial charge in [-0.15, -0.1) is 0 Å². The summed E-state index contributed by atoms with van der Waals surface area (Å²) >= 11 is 0. The summed E-state index contributed by atoms with van der Waals surface area (Å²) in [5.41, 5.74) is 10.6. The summed E-state index contributed by atoms with van der Waals surface area (Å²) < 4.78 is 0. The predicted octanol–water partition coefficient (Wildman–Crippen LogP) is -3.81. The van der Waals surface area contributed by atoms with Crippen molar-refractivity contribution < 1.29 is 39.0 Å². The van der Waals surface area contributed by atoms with Gasteiger partial charge in [0.2, 0.25) is 23.6 Å². The first kappa shape index (κ1) is 26.0. The van der Waals surface area contributed by atoms with Crippen molar-refractivity contribution in [2.24, 2.45) is 11.5 Å². The molecule has 0 aromatic carbocycles. The molecule has 3 unspecified atom stereocenters. The summed E-state index contributed by atoms with van der Waals surface area (Å²) in [7, 11) is 0. The summed E-state index contributed by atoms with van der Waals surface area (Å²) in [6.45, 7) is -0.487. The van der Waals surface area contributed by atoms with Gasteiger partial charge >= 0.3 is 11.9 Å². The van der Waals surface area contributed by atoms with E-state index in [1.54, 1.807) is 0 Å². The van der Waals surface area contributed by atoms with Crippen molar-refractivity contribution in [3.63, 3.8) is 0 Å². The lowest BCUT2D eigenvalue weighted by Gasteiger charge is -2.23. The van der Waals surface area contributed by atoms with Crippen LogP contribution in [0.15, 0.2) is 12.5 Å². The van der Waals surface area contributed by atoms with Crippen molar-refractivity contribution in [3.8, 4) is 0 Å². The number of hydrogen-bond donors (Lipinski definition) is 8. The van der Waals surface area contributed by atoms with Crippen molar-refractivity contribution in [3.05, 3.63) is 18.2 Å². The molecule has 1 aromatic heterocycles. The predicted molar refractivity (Wildman–Crippen MR) is 105 cm³/mol. The summed E-state index contributed by atoms with van der Waals surface area (Å²) in [6, 6.07) is -4.36. The molecule has 0 saturated carbocycles. The van der Waals surface area contributed by atoms with Gasteiger partial charge in [-0.25, -0.2) is 9.78 Å². The number of carboxylic acids is 2. The van der Waals surface area contributed by atoms with Crippen molar-refractivity contribution in [2.45, 2.75) is 43.8 Å². The Morgan fingerprint density at radius 2 is 1.62 bits per heavy atom. The number of hydrogen-bond acceptors (Lipinski definition) is 8. The van der Waals surface area contributed by atoms with Gasteiger partial charge in [0.25, 0.3) is 0 Å². The molecule has 10 N–H and O–H groups in total. The van der Waals surface area contributed by atoms with Gasteiger partial charge in [0, 0.05) is 24.7 Å². The van der Waals surface area contributed by atoms with E-state index in [9.17, 15) is 33.9 Å². The molecular formula is C17H25N7O8. The fraction of sp³-hybridized carbons (Fsp3) is 0.471. The number of carboxylic acid groups (broad SMARTS) is 2. The third kappa shape index (κ3) is 9.21. The Bertz CT molecular complexity index is 842. The van der Waals surface area contributed by atoms with Gasteiger partial charge in [0.15, 0.2) is 0 Å². The van der Waals surface area contributed by atoms with E-state index < -0.39 is 79.5 Å². The quantitative estimate of drug-likeness (QED) is 0.135. The number of nitrogens with zero attached hydrogens (tertiary/aromatic N) is 1. The zero-order chi connectivity index (χ0) is 24.3. The molecule has 1 rings (SSSR count). The Morgan fingerprint density at radius 3 is 2.12 bits per heavy atom. The number of amides is 4. The number of carbonyl (C=O) groups excluding carboxylic acids is 4. The maximum Gasteiger partial charge on any atom is 0.326 e. The van der Waals surface area contributed by atoms with E-state index in [4.69, 9.17) is 16.6 Å². The number of imidazole rings is 1. The van der Waals surface area contributed by atoms with Crippen molar-refractivity contribution in [1.82, 2.24) is 25.9 Å². The van der Waals surface area contributed by atoms with E-state index in [0.717, 1.165) is 0 Å². The van der Waals surface area contributed by atoms with Crippen LogP contribution >= 0.6 is 0 Å². The Labute approximate surface area is 181 Å². The van der Waals surface area contributed by atoms with Crippen LogP contribution in [0.3, 0.4) is 0 Å². The number of nitrogens with two attached hydrogens (primary N) is 2. The van der Waals surface area contributed by atoms with Crippen LogP contribution in [0.25, 0.3) is 0 Å². The van der Waals surface area contributed by atoms with Crippen LogP contribution in [-0.2, 0) is 35.2 Å². The van der Waals surface area contributed by atoms with Crippen LogP contribution < -0.4 is 27.4 Å². The molecule has 176 valence electrons. The maximum atomic E-state index is 12.7. The molecule has 0 spiro atoms. The zero-order valence-electron chi connectivity index (χ0n) is 16.9. The van der Waals surface area contributed by atoms with E-state index >= 15 is 0 Å². The second-order valence-corrected chi connectivity index (χ2v) is 6.67. The SMILES string of the molecule is NCC(=O)NC(CC(N)=O)C(=O)NC(CCC(=O)O)C(=O)NC(Cc1cnc[nH]1)C(=O)O. The van der Waals surface area contributed by atoms with Gasteiger partial charge in [-0.3, -0.25) is 24.0 Å². The number of rotatable bonds is 14. The standard InChI is InChI=1S/C17H25N7O8/c18-5-13(26)22-10(4-12(19)25)16(30)23-9(1-2-14(27)28)15(29)24-11(17(31)32)3-8-6-20-7-21-8/h6-7,9-11H,1-5,18H2,(H2,19,25)(H,20,21)(H,22,26)(H,23,30)(H,24,29)(H,27,28)(H,31,32). The summed E-state index contributed by atoms with van der Waals surface area (Å²) in [5, 5.41) is 24.9. The van der Waals surface area contributed by atoms with Gasteiger partial charge in [-0.1, -0.05) is 0 Å². The van der Waals surface area contributed by atoms with E-state index in [0.29, 0.717) is 5.69 Å². The first-order chi connectivity index (χ1) is 15.0. The number of primary amides is 1. The average Bonchev–Trinajstić information content (AvgIpc) is 3.22. The number of carbonyl (C=O) groups is 6. The Balaban J connectivity index is 2.97. The van der Waals surface area contributed by atoms with Gasteiger partial charge in [-0.2, -0.15) is 0 Å². The van der Waals surface area contributed by atoms with Gasteiger partial charge in [0.1, 0.15) is 18.1 Å². The lowest BCUT2D eigenvalue weighted by molar-refractivity contribution is -0.143. The largest absolute Gasteiger partial charge is 0.481 e. The minimum atomic E-state index is -1.48. The number of aliphatic carboxylic acids is 2. The third-order valence-electron chi connectivity index (χ3n) is 4.12. The zero-order valence-corrected chi connectivity index (χ0v) is 16.9. The molecule has 3 atom stereocenters. The van der Waals surface area contributed by atoms with Crippen LogP contribution in [0.2, 0.25) is 0 Å². The monoisotopic (exact) mass is 455 g/mol. The molecule has 0 fully saturated rings. The molecule has 1 aromatic rings. The van der Waals surface area contributed by atoms with Crippen LogP contribution in [0.5, 0.6) is 0 Å². The fourth-order valence-electron chi connectivity index (χ4n) is 2.56. The molecule has 0 bridgehead atoms. The smallest absolute Gasteiger partial charge is 0.326 e. The second-order valence-electron chi connectivity index (χ2n) is 6.67. The maximum absolute atomic E-state index is 12.7. The molecule has 1 heterocycles. The Kier molecular flexibility index (Phi) is 10.3. The lowest BCUT2D eigenvalue weighted by atomic mass is 10.1. The lowest BCUT2D eigenvalue weighted by Crippen LogP contribution is -2.57. The summed E-state index contributed by atoms with van der Waals surface area (Å²) in [4.78, 5) is 76.8. The minimum absolute atomic E-state index is 0.155. The van der Waals surface area contributed by atoms with Crippen LogP contribution in [0.4, 0.5) is 0 Å². The van der Waals surface area contributed by atoms with E-state index in [-0.39, 0.29) is 6.42 Å². The van der Waals surface area contributed by atoms with Gasteiger partial charge in [-0.05, 0) is 6.42 Å². The summed E-state index contributed by atoms with van der Waals surface area (Å²) in [6.07, 6.45) is 0.991. The topological polar surface area (TPSA) is 260 Å². The number of aromatic nitrogens is 2. The first-order valence-electron chi connectivity index (χ1n) is 9.33. The third-order valence-corrected chi connectivity index (χ3v) is 4.12. The fourth-order valence-corrected chi connectivity index (χ4v) is 2.56. The Hall–Kier alpha value is -4.01. The molecule has 15 heteroatoms. The molecule has 15 nitrogen and oxygen atoms in total. The number of aromatic amines is 1. The van der Waals surface area contributed by atoms with Crippen LogP contribution in [0, 0.1) is 0 Å². The van der Waals surface area contributed by atoms with Gasteiger partial charge < -0.3 is 42.6 Å². The molecular weight excluding hydrogens is 430 g/mol. The highest BCUT2D eigenvalue weighted by atomic mass is 16.4. The number of nitrogens with one attached hydrogen (secondary N) is 4. The molecule has 0 aliphatic heterocycles. The molecule has 0 radical (unpaired) electrons. The normalized spacial score (nSPS) is 13.3. The molecule has 32 heavy (non-hydrogen) atoms. The minimum Gasteiger partial charge on any atom is -0.481 e. The van der Waals surface area contributed by atoms with Gasteiger partial charge in [0.05, 0.1) is 19.3 Å². The van der Waals surface area contributed by atoms with Crippen molar-refractivity contribution >= 4 is 35.6 Å². The second kappa shape index (κ2) is 12.6. The van der Waals surface area contributed by atoms with E-state index in [1.165, 1.54) is 12.5 Å². The Morgan fingerprint density at radius 1 is 1.00 bits per heavy atom. The highest BCUT2D eigenvalue weighted by Gasteiger charge is 2.30. The van der Waals surface area contributed by atoms with E-state index in [1.807, 2.05) is 0 Å². The molecule has 4 amide bonds. The molecule has 0 aliphatic rings. The molecule has 0 aliphatic carbocycles. The average molecular weight is 455 g/mol. The van der Waals surface area contributed by atoms with E-state index in [2.05, 4.69) is 25.9 Å². The summed E-state index contributed by atoms with van der Waals surface area (Å²) in [5.74, 6) is -6.33. The van der Waals surface area contributed by atoms with Crippen LogP contribution in [0.1, 0.15) is 25.0 Å². The first-order valence-corrected chi connectivity index (χ1v) is 9.33. The highest BCUT2D eigenvalue weighted by molar-refractivity contribution is 5.95. The van der Waals surface area contributed by atoms with Crippen LogP contribution in [-0.4, -0.2) is 80.4 Å². The number of H-pyrrole nitrogens is 1. The highest BCUT2D eigenvalue weighted by Crippen LogP contribution is 2.04. The molecule has 0 saturated heterocycles.